The van der Waals surface area contributed by atoms with Gasteiger partial charge < -0.3 is 14.2 Å². The Morgan fingerprint density at radius 1 is 0.735 bits per heavy atom. The molecule has 34 heavy (non-hydrogen) atoms. The van der Waals surface area contributed by atoms with Crippen LogP contribution in [0.25, 0.3) is 5.57 Å². The lowest BCUT2D eigenvalue weighted by Gasteiger charge is -2.15. The molecule has 0 atom stereocenters. The lowest BCUT2D eigenvalue weighted by Crippen LogP contribution is -2.02. The largest absolute Gasteiger partial charge is 0.493 e. The molecule has 0 N–H and O–H groups in total. The molecule has 172 valence electrons. The van der Waals surface area contributed by atoms with Crippen molar-refractivity contribution in [1.29, 1.82) is 0 Å². The molecule has 0 aromatic heterocycles. The minimum atomic E-state index is 0.426. The highest BCUT2D eigenvalue weighted by Gasteiger charge is 2.12. The molecule has 0 radical (unpaired) electrons. The summed E-state index contributed by atoms with van der Waals surface area (Å²) in [6.07, 6.45) is 2.12. The van der Waals surface area contributed by atoms with Crippen LogP contribution in [0.1, 0.15) is 22.3 Å². The zero-order chi connectivity index (χ0) is 23.6. The van der Waals surface area contributed by atoms with E-state index in [4.69, 9.17) is 14.2 Å². The van der Waals surface area contributed by atoms with Gasteiger partial charge in [0.05, 0.1) is 23.9 Å². The molecular weight excluding hydrogens is 535 g/mol. The summed E-state index contributed by atoms with van der Waals surface area (Å²) in [6.45, 7) is 1.51. The van der Waals surface area contributed by atoms with Crippen molar-refractivity contribution in [2.45, 2.75) is 13.2 Å². The molecule has 4 aromatic rings. The van der Waals surface area contributed by atoms with Crippen molar-refractivity contribution in [3.05, 3.63) is 135 Å². The molecular formula is C30H27IO3. The second kappa shape index (κ2) is 12.4. The first-order valence-electron chi connectivity index (χ1n) is 11.2. The van der Waals surface area contributed by atoms with Crippen molar-refractivity contribution < 1.29 is 14.2 Å². The average Bonchev–Trinajstić information content (AvgIpc) is 2.89. The molecule has 4 rings (SSSR count). The molecule has 4 heteroatoms. The van der Waals surface area contributed by atoms with Crippen LogP contribution in [0.15, 0.2) is 109 Å². The van der Waals surface area contributed by atoms with E-state index < -0.39 is 0 Å². The highest BCUT2D eigenvalue weighted by Crippen LogP contribution is 2.34. The third-order valence-electron chi connectivity index (χ3n) is 5.35. The minimum absolute atomic E-state index is 0.426. The maximum atomic E-state index is 6.21. The number of benzene rings is 4. The van der Waals surface area contributed by atoms with E-state index >= 15 is 0 Å². The van der Waals surface area contributed by atoms with Crippen LogP contribution >= 0.6 is 22.6 Å². The van der Waals surface area contributed by atoms with Crippen LogP contribution in [-0.4, -0.2) is 13.7 Å². The van der Waals surface area contributed by atoms with Gasteiger partial charge in [0.2, 0.25) is 0 Å². The van der Waals surface area contributed by atoms with Crippen molar-refractivity contribution in [3.63, 3.8) is 0 Å². The summed E-state index contributed by atoms with van der Waals surface area (Å²) in [5, 5.41) is 0. The van der Waals surface area contributed by atoms with Crippen molar-refractivity contribution in [3.8, 4) is 11.5 Å². The molecule has 0 aliphatic carbocycles. The highest BCUT2D eigenvalue weighted by atomic mass is 127. The van der Waals surface area contributed by atoms with Gasteiger partial charge in [0.1, 0.15) is 6.61 Å². The summed E-state index contributed by atoms with van der Waals surface area (Å²) in [4.78, 5) is 0. The Balaban J connectivity index is 1.47. The summed E-state index contributed by atoms with van der Waals surface area (Å²) >= 11 is 2.30. The first-order valence-corrected chi connectivity index (χ1v) is 12.2. The van der Waals surface area contributed by atoms with Crippen LogP contribution in [0.5, 0.6) is 11.5 Å². The quantitative estimate of drug-likeness (QED) is 0.187. The Kier molecular flexibility index (Phi) is 8.77. The molecule has 0 amide bonds. The predicted molar refractivity (Wildman–Crippen MR) is 146 cm³/mol. The van der Waals surface area contributed by atoms with Gasteiger partial charge in [-0.25, -0.2) is 0 Å². The van der Waals surface area contributed by atoms with Gasteiger partial charge in [0.25, 0.3) is 0 Å². The van der Waals surface area contributed by atoms with Crippen molar-refractivity contribution in [2.24, 2.45) is 0 Å². The SMILES string of the molecule is COc1cc(COCc2ccccc2)cc(I)c1OCC=C(c1ccccc1)c1ccccc1. The van der Waals surface area contributed by atoms with Gasteiger partial charge in [-0.15, -0.1) is 0 Å². The highest BCUT2D eigenvalue weighted by molar-refractivity contribution is 14.1. The van der Waals surface area contributed by atoms with Gasteiger partial charge in [0, 0.05) is 0 Å². The molecule has 4 aromatic carbocycles. The van der Waals surface area contributed by atoms with E-state index in [9.17, 15) is 0 Å². The second-order valence-electron chi connectivity index (χ2n) is 7.75. The molecule has 0 bridgehead atoms. The Bertz CT molecular complexity index is 1160. The first kappa shape index (κ1) is 24.0. The second-order valence-corrected chi connectivity index (χ2v) is 8.91. The zero-order valence-electron chi connectivity index (χ0n) is 19.1. The summed E-state index contributed by atoms with van der Waals surface area (Å²) in [5.74, 6) is 1.45. The molecule has 0 unspecified atom stereocenters. The Morgan fingerprint density at radius 3 is 1.88 bits per heavy atom. The lowest BCUT2D eigenvalue weighted by molar-refractivity contribution is 0.107. The van der Waals surface area contributed by atoms with Crippen molar-refractivity contribution >= 4 is 28.2 Å². The Hall–Kier alpha value is -3.09. The molecule has 0 saturated heterocycles. The van der Waals surface area contributed by atoms with Crippen LogP contribution in [0.4, 0.5) is 0 Å². The topological polar surface area (TPSA) is 27.7 Å². The standard InChI is InChI=1S/C30H27IO3/c1-32-29-20-24(22-33-21-23-11-5-2-6-12-23)19-28(31)30(29)34-18-17-27(25-13-7-3-8-14-25)26-15-9-4-10-16-26/h2-17,19-20H,18,21-22H2,1H3. The predicted octanol–water partition coefficient (Wildman–Crippen LogP) is 7.53. The monoisotopic (exact) mass is 562 g/mol. The van der Waals surface area contributed by atoms with Crippen molar-refractivity contribution in [2.75, 3.05) is 13.7 Å². The Labute approximate surface area is 215 Å². The minimum Gasteiger partial charge on any atom is -0.493 e. The van der Waals surface area contributed by atoms with Crippen LogP contribution < -0.4 is 9.47 Å². The molecule has 3 nitrogen and oxygen atoms in total. The van der Waals surface area contributed by atoms with Gasteiger partial charge in [-0.05, 0) is 68.6 Å². The van der Waals surface area contributed by atoms with Crippen LogP contribution in [-0.2, 0) is 18.0 Å². The average molecular weight is 562 g/mol. The van der Waals surface area contributed by atoms with E-state index in [1.807, 2.05) is 36.4 Å². The number of halogens is 1. The zero-order valence-corrected chi connectivity index (χ0v) is 21.3. The van der Waals surface area contributed by atoms with E-state index in [0.29, 0.717) is 25.6 Å². The third-order valence-corrected chi connectivity index (χ3v) is 6.16. The maximum Gasteiger partial charge on any atom is 0.174 e. The first-order chi connectivity index (χ1) is 16.7. The maximum absolute atomic E-state index is 6.21. The number of hydrogen-bond acceptors (Lipinski definition) is 3. The summed E-state index contributed by atoms with van der Waals surface area (Å²) in [7, 11) is 1.67. The number of methoxy groups -OCH3 is 1. The molecule has 0 aliphatic rings. The third kappa shape index (κ3) is 6.49. The van der Waals surface area contributed by atoms with Gasteiger partial charge in [-0.2, -0.15) is 0 Å². The summed E-state index contributed by atoms with van der Waals surface area (Å²) in [5.41, 5.74) is 5.66. The molecule has 0 aliphatic heterocycles. The van der Waals surface area contributed by atoms with E-state index in [1.165, 1.54) is 0 Å². The fourth-order valence-electron chi connectivity index (χ4n) is 3.70. The number of hydrogen-bond donors (Lipinski definition) is 0. The summed E-state index contributed by atoms with van der Waals surface area (Å²) in [6, 6.07) is 35.0. The Morgan fingerprint density at radius 2 is 1.29 bits per heavy atom. The molecule has 0 saturated carbocycles. The smallest absolute Gasteiger partial charge is 0.174 e. The normalized spacial score (nSPS) is 10.5. The van der Waals surface area contributed by atoms with Gasteiger partial charge in [0.15, 0.2) is 11.5 Å². The fraction of sp³-hybridized carbons (Fsp3) is 0.133. The fourth-order valence-corrected chi connectivity index (χ4v) is 4.53. The van der Waals surface area contributed by atoms with Gasteiger partial charge >= 0.3 is 0 Å². The number of rotatable bonds is 10. The van der Waals surface area contributed by atoms with E-state index in [1.54, 1.807) is 7.11 Å². The molecule has 0 spiro atoms. The van der Waals surface area contributed by atoms with E-state index in [2.05, 4.69) is 95.4 Å². The molecule has 0 heterocycles. The molecule has 0 fully saturated rings. The van der Waals surface area contributed by atoms with Gasteiger partial charge in [-0.3, -0.25) is 0 Å². The van der Waals surface area contributed by atoms with Crippen LogP contribution in [0.3, 0.4) is 0 Å². The van der Waals surface area contributed by atoms with Gasteiger partial charge in [-0.1, -0.05) is 91.0 Å². The van der Waals surface area contributed by atoms with Crippen LogP contribution in [0, 0.1) is 3.57 Å². The lowest BCUT2D eigenvalue weighted by atomic mass is 9.98. The summed E-state index contributed by atoms with van der Waals surface area (Å²) < 4.78 is 18.8. The van der Waals surface area contributed by atoms with Crippen molar-refractivity contribution in [1.82, 2.24) is 0 Å². The van der Waals surface area contributed by atoms with Crippen LogP contribution in [0.2, 0.25) is 0 Å². The van der Waals surface area contributed by atoms with E-state index in [-0.39, 0.29) is 0 Å². The number of ether oxygens (including phenoxy) is 3. The van der Waals surface area contributed by atoms with E-state index in [0.717, 1.165) is 37.1 Å².